The van der Waals surface area contributed by atoms with Gasteiger partial charge in [-0.25, -0.2) is 23.2 Å². The summed E-state index contributed by atoms with van der Waals surface area (Å²) < 4.78 is 32.7. The first kappa shape index (κ1) is 26.5. The first-order valence-electron chi connectivity index (χ1n) is 12.1. The molecule has 1 N–H and O–H groups in total. The van der Waals surface area contributed by atoms with Gasteiger partial charge in [-0.3, -0.25) is 4.90 Å². The van der Waals surface area contributed by atoms with Crippen molar-refractivity contribution in [2.24, 2.45) is 5.92 Å². The number of fused-ring (bicyclic) bond motifs is 1. The quantitative estimate of drug-likeness (QED) is 0.444. The summed E-state index contributed by atoms with van der Waals surface area (Å²) >= 11 is 0. The Hall–Kier alpha value is -3.59. The average molecular weight is 523 g/mol. The number of nitrogens with zero attached hydrogens (tertiary/aromatic N) is 5. The van der Waals surface area contributed by atoms with Crippen LogP contribution in [-0.4, -0.2) is 72.9 Å². The molecule has 1 aliphatic heterocycles. The summed E-state index contributed by atoms with van der Waals surface area (Å²) in [7, 11) is -2.41. The molecule has 4 rings (SSSR count). The number of ether oxygens (including phenoxy) is 1. The third-order valence-corrected chi connectivity index (χ3v) is 8.34. The third kappa shape index (κ3) is 5.72. The lowest BCUT2D eigenvalue weighted by Crippen LogP contribution is -2.48. The number of benzene rings is 2. The van der Waals surface area contributed by atoms with Gasteiger partial charge in [-0.15, -0.1) is 0 Å². The highest BCUT2D eigenvalue weighted by molar-refractivity contribution is 7.89. The van der Waals surface area contributed by atoms with Crippen LogP contribution in [0.4, 0.5) is 5.82 Å². The molecule has 10 nitrogen and oxygen atoms in total. The molecule has 0 saturated carbocycles. The number of piperazine rings is 1. The largest absolute Gasteiger partial charge is 0.467 e. The molecule has 1 aromatic heterocycles. The van der Waals surface area contributed by atoms with Crippen molar-refractivity contribution >= 4 is 32.7 Å². The molecule has 2 aromatic carbocycles. The Labute approximate surface area is 216 Å². The van der Waals surface area contributed by atoms with Gasteiger partial charge in [0.15, 0.2) is 0 Å². The first-order chi connectivity index (χ1) is 17.7. The number of hydrogen-bond acceptors (Lipinski definition) is 9. The van der Waals surface area contributed by atoms with E-state index in [9.17, 15) is 18.5 Å². The number of nitriles is 1. The van der Waals surface area contributed by atoms with Crippen molar-refractivity contribution in [1.29, 1.82) is 5.26 Å². The van der Waals surface area contributed by atoms with Crippen molar-refractivity contribution < 1.29 is 17.9 Å². The molecule has 0 unspecified atom stereocenters. The monoisotopic (exact) mass is 522 g/mol. The summed E-state index contributed by atoms with van der Waals surface area (Å²) in [6.07, 6.45) is 0. The topological polar surface area (TPSA) is 129 Å². The molecule has 194 valence electrons. The lowest BCUT2D eigenvalue weighted by atomic mass is 10.0. The summed E-state index contributed by atoms with van der Waals surface area (Å²) in [6, 6.07) is 15.2. The van der Waals surface area contributed by atoms with Crippen molar-refractivity contribution in [1.82, 2.24) is 19.2 Å². The molecule has 0 spiro atoms. The molecule has 0 radical (unpaired) electrons. The van der Waals surface area contributed by atoms with Crippen LogP contribution in [0.15, 0.2) is 53.4 Å². The van der Waals surface area contributed by atoms with Crippen molar-refractivity contribution in [2.75, 3.05) is 38.6 Å². The van der Waals surface area contributed by atoms with Crippen LogP contribution < -0.4 is 5.32 Å². The number of rotatable bonds is 8. The fourth-order valence-electron chi connectivity index (χ4n) is 4.33. The first-order valence-corrected chi connectivity index (χ1v) is 13.5. The van der Waals surface area contributed by atoms with Gasteiger partial charge in [0.25, 0.3) is 0 Å². The fourth-order valence-corrected chi connectivity index (χ4v) is 5.89. The molecule has 1 fully saturated rings. The van der Waals surface area contributed by atoms with Gasteiger partial charge in [-0.05, 0) is 30.2 Å². The van der Waals surface area contributed by atoms with Gasteiger partial charge in [-0.1, -0.05) is 38.1 Å². The molecule has 11 heteroatoms. The van der Waals surface area contributed by atoms with Crippen LogP contribution in [0.2, 0.25) is 0 Å². The lowest BCUT2D eigenvalue weighted by Gasteiger charge is -2.33. The fraction of sp³-hybridized carbons (Fsp3) is 0.385. The number of nitrogens with one attached hydrogen (secondary N) is 1. The van der Waals surface area contributed by atoms with E-state index in [0.29, 0.717) is 44.4 Å². The Bertz CT molecular complexity index is 1430. The molecule has 0 amide bonds. The summed E-state index contributed by atoms with van der Waals surface area (Å²) in [5, 5.41) is 13.4. The number of anilines is 1. The molecule has 0 bridgehead atoms. The number of hydrogen-bond donors (Lipinski definition) is 1. The Morgan fingerprint density at radius 3 is 2.43 bits per heavy atom. The molecule has 1 atom stereocenters. The molecular formula is C26H30N6O4S. The molecule has 0 aliphatic carbocycles. The number of methoxy groups -OCH3 is 1. The Morgan fingerprint density at radius 1 is 1.08 bits per heavy atom. The zero-order valence-electron chi connectivity index (χ0n) is 21.1. The van der Waals surface area contributed by atoms with E-state index in [1.807, 2.05) is 44.2 Å². The highest BCUT2D eigenvalue weighted by Gasteiger charge is 2.31. The molecular weight excluding hydrogens is 492 g/mol. The van der Waals surface area contributed by atoms with Crippen molar-refractivity contribution in [3.63, 3.8) is 0 Å². The Morgan fingerprint density at radius 2 is 1.76 bits per heavy atom. The van der Waals surface area contributed by atoms with Gasteiger partial charge in [0.05, 0.1) is 29.6 Å². The van der Waals surface area contributed by atoms with Crippen LogP contribution in [0.1, 0.15) is 25.2 Å². The van der Waals surface area contributed by atoms with Crippen LogP contribution in [0.5, 0.6) is 0 Å². The maximum Gasteiger partial charge on any atom is 0.328 e. The van der Waals surface area contributed by atoms with Gasteiger partial charge in [0.1, 0.15) is 23.8 Å². The van der Waals surface area contributed by atoms with E-state index in [2.05, 4.69) is 10.2 Å². The highest BCUT2D eigenvalue weighted by atomic mass is 32.2. The standard InChI is InChI=1S/C26H30N6O4S/c1-18(2)24(26(33)36-3)30-25-20-9-5-6-10-21(20)28-23(29-25)17-31-12-14-32(15-13-31)37(34,35)22-11-7-4-8-19(22)16-27/h4-11,18,24H,12-15,17H2,1-3H3,(H,28,29,30)/t24-/m0/s1. The van der Waals surface area contributed by atoms with Crippen LogP contribution in [0, 0.1) is 17.2 Å². The zero-order valence-corrected chi connectivity index (χ0v) is 21.9. The Balaban J connectivity index is 1.52. The molecule has 1 saturated heterocycles. The van der Waals surface area contributed by atoms with Gasteiger partial charge >= 0.3 is 5.97 Å². The molecule has 37 heavy (non-hydrogen) atoms. The smallest absolute Gasteiger partial charge is 0.328 e. The number of sulfonamides is 1. The minimum atomic E-state index is -3.77. The van der Waals surface area contributed by atoms with Crippen LogP contribution in [0.3, 0.4) is 0 Å². The number of para-hydroxylation sites is 1. The van der Waals surface area contributed by atoms with Crippen molar-refractivity contribution in [2.45, 2.75) is 31.3 Å². The lowest BCUT2D eigenvalue weighted by molar-refractivity contribution is -0.142. The molecule has 1 aliphatic rings. The van der Waals surface area contributed by atoms with E-state index in [1.165, 1.54) is 23.5 Å². The van der Waals surface area contributed by atoms with E-state index in [4.69, 9.17) is 14.7 Å². The number of carbonyl (C=O) groups excluding carboxylic acids is 1. The second kappa shape index (κ2) is 11.2. The van der Waals surface area contributed by atoms with E-state index >= 15 is 0 Å². The van der Waals surface area contributed by atoms with E-state index in [1.54, 1.807) is 12.1 Å². The summed E-state index contributed by atoms with van der Waals surface area (Å²) in [5.74, 6) is 0.735. The number of esters is 1. The predicted molar refractivity (Wildman–Crippen MR) is 139 cm³/mol. The summed E-state index contributed by atoms with van der Waals surface area (Å²) in [5.41, 5.74) is 0.887. The van der Waals surface area contributed by atoms with E-state index < -0.39 is 16.1 Å². The number of carbonyl (C=O) groups is 1. The van der Waals surface area contributed by atoms with Gasteiger partial charge < -0.3 is 10.1 Å². The second-order valence-electron chi connectivity index (χ2n) is 9.18. The normalized spacial score (nSPS) is 15.9. The summed E-state index contributed by atoms with van der Waals surface area (Å²) in [6.45, 7) is 5.85. The predicted octanol–water partition coefficient (Wildman–Crippen LogP) is 2.62. The molecule has 2 heterocycles. The maximum absolute atomic E-state index is 13.1. The van der Waals surface area contributed by atoms with Crippen LogP contribution in [0.25, 0.3) is 10.9 Å². The number of aromatic nitrogens is 2. The van der Waals surface area contributed by atoms with Gasteiger partial charge in [0.2, 0.25) is 10.0 Å². The average Bonchev–Trinajstić information content (AvgIpc) is 2.91. The highest BCUT2D eigenvalue weighted by Crippen LogP contribution is 2.24. The minimum absolute atomic E-state index is 0.0224. The SMILES string of the molecule is COC(=O)[C@@H](Nc1nc(CN2CCN(S(=O)(=O)c3ccccc3C#N)CC2)nc2ccccc12)C(C)C. The van der Waals surface area contributed by atoms with Crippen LogP contribution >= 0.6 is 0 Å². The second-order valence-corrected chi connectivity index (χ2v) is 11.1. The molecule has 3 aromatic rings. The zero-order chi connectivity index (χ0) is 26.6. The van der Waals surface area contributed by atoms with Crippen molar-refractivity contribution in [3.8, 4) is 6.07 Å². The van der Waals surface area contributed by atoms with Gasteiger partial charge in [-0.2, -0.15) is 9.57 Å². The maximum atomic E-state index is 13.1. The summed E-state index contributed by atoms with van der Waals surface area (Å²) in [4.78, 5) is 23.9. The van der Waals surface area contributed by atoms with Crippen molar-refractivity contribution in [3.05, 3.63) is 59.9 Å². The van der Waals surface area contributed by atoms with E-state index in [0.717, 1.165) is 10.9 Å². The van der Waals surface area contributed by atoms with Crippen LogP contribution in [-0.2, 0) is 26.1 Å². The van der Waals surface area contributed by atoms with E-state index in [-0.39, 0.29) is 22.3 Å². The third-order valence-electron chi connectivity index (χ3n) is 6.39. The Kier molecular flexibility index (Phi) is 8.02. The minimum Gasteiger partial charge on any atom is -0.467 e. The van der Waals surface area contributed by atoms with Gasteiger partial charge in [0, 0.05) is 31.6 Å².